The molecule has 0 bridgehead atoms. The van der Waals surface area contributed by atoms with Crippen LogP contribution in [-0.2, 0) is 5.41 Å². The molecule has 0 unspecified atom stereocenters. The van der Waals surface area contributed by atoms with E-state index in [1.165, 1.54) is 6.42 Å². The van der Waals surface area contributed by atoms with Gasteiger partial charge in [0.15, 0.2) is 0 Å². The Bertz CT molecular complexity index is 305. The number of aromatic nitrogens is 1. The Kier molecular flexibility index (Phi) is 2.46. The Morgan fingerprint density at radius 3 is 2.86 bits per heavy atom. The molecule has 1 aromatic rings. The first kappa shape index (κ1) is 9.52. The first-order chi connectivity index (χ1) is 6.80. The van der Waals surface area contributed by atoms with Crippen LogP contribution in [0.25, 0.3) is 0 Å². The number of hydrogen-bond donors (Lipinski definition) is 1. The van der Waals surface area contributed by atoms with Crippen molar-refractivity contribution >= 4 is 0 Å². The highest BCUT2D eigenvalue weighted by Crippen LogP contribution is 2.46. The number of ether oxygens (including phenoxy) is 1. The fourth-order valence-electron chi connectivity index (χ4n) is 2.10. The molecule has 4 heteroatoms. The van der Waals surface area contributed by atoms with Crippen molar-refractivity contribution in [1.29, 1.82) is 0 Å². The Morgan fingerprint density at radius 2 is 2.43 bits per heavy atom. The zero-order valence-corrected chi connectivity index (χ0v) is 8.45. The summed E-state index contributed by atoms with van der Waals surface area (Å²) in [6.07, 6.45) is 4.54. The summed E-state index contributed by atoms with van der Waals surface area (Å²) in [4.78, 5) is 0. The second-order valence-electron chi connectivity index (χ2n) is 3.91. The Hall–Kier alpha value is -1.03. The van der Waals surface area contributed by atoms with Crippen molar-refractivity contribution in [3.8, 4) is 5.88 Å². The van der Waals surface area contributed by atoms with Gasteiger partial charge in [0, 0.05) is 11.5 Å². The number of methoxy groups -OCH3 is 1. The highest BCUT2D eigenvalue weighted by Gasteiger charge is 2.41. The van der Waals surface area contributed by atoms with Gasteiger partial charge in [0.25, 0.3) is 5.88 Å². The van der Waals surface area contributed by atoms with E-state index in [1.54, 1.807) is 7.11 Å². The minimum atomic E-state index is 0.151. The molecule has 1 fully saturated rings. The molecule has 0 atom stereocenters. The van der Waals surface area contributed by atoms with Gasteiger partial charge in [-0.15, -0.1) is 0 Å². The largest absolute Gasteiger partial charge is 0.479 e. The van der Waals surface area contributed by atoms with Crippen LogP contribution in [0, 0.1) is 0 Å². The summed E-state index contributed by atoms with van der Waals surface area (Å²) < 4.78 is 10.3. The van der Waals surface area contributed by atoms with Gasteiger partial charge in [-0.1, -0.05) is 6.42 Å². The lowest BCUT2D eigenvalue weighted by atomic mass is 9.65. The molecule has 2 N–H and O–H groups in total. The Labute approximate surface area is 83.4 Å². The fraction of sp³-hybridized carbons (Fsp3) is 0.700. The second kappa shape index (κ2) is 3.61. The zero-order chi connectivity index (χ0) is 10.0. The van der Waals surface area contributed by atoms with E-state index >= 15 is 0 Å². The van der Waals surface area contributed by atoms with E-state index in [9.17, 15) is 0 Å². The topological polar surface area (TPSA) is 61.3 Å². The third-order valence-corrected chi connectivity index (χ3v) is 3.15. The summed E-state index contributed by atoms with van der Waals surface area (Å²) in [5.74, 6) is 1.49. The Morgan fingerprint density at radius 1 is 1.64 bits per heavy atom. The van der Waals surface area contributed by atoms with E-state index in [0.717, 1.165) is 25.0 Å². The minimum Gasteiger partial charge on any atom is -0.479 e. The number of rotatable bonds is 4. The SMILES string of the molecule is COc1cc(C2(CCN)CCC2)on1. The third kappa shape index (κ3) is 1.39. The first-order valence-electron chi connectivity index (χ1n) is 5.02. The highest BCUT2D eigenvalue weighted by atomic mass is 16.5. The van der Waals surface area contributed by atoms with Crippen molar-refractivity contribution < 1.29 is 9.26 Å². The van der Waals surface area contributed by atoms with Gasteiger partial charge in [0.2, 0.25) is 0 Å². The average Bonchev–Trinajstić information content (AvgIpc) is 2.59. The first-order valence-corrected chi connectivity index (χ1v) is 5.02. The monoisotopic (exact) mass is 196 g/mol. The molecule has 0 aliphatic heterocycles. The zero-order valence-electron chi connectivity index (χ0n) is 8.45. The van der Waals surface area contributed by atoms with E-state index in [0.29, 0.717) is 12.4 Å². The molecule has 1 aliphatic rings. The van der Waals surface area contributed by atoms with Crippen LogP contribution in [0.5, 0.6) is 5.88 Å². The van der Waals surface area contributed by atoms with Gasteiger partial charge in [-0.2, -0.15) is 0 Å². The normalized spacial score (nSPS) is 19.0. The van der Waals surface area contributed by atoms with E-state index < -0.39 is 0 Å². The lowest BCUT2D eigenvalue weighted by Gasteiger charge is -2.39. The second-order valence-corrected chi connectivity index (χ2v) is 3.91. The molecule has 0 saturated heterocycles. The molecule has 1 heterocycles. The number of nitrogens with two attached hydrogens (primary N) is 1. The highest BCUT2D eigenvalue weighted by molar-refractivity contribution is 5.22. The van der Waals surface area contributed by atoms with Crippen molar-refractivity contribution in [3.05, 3.63) is 11.8 Å². The molecule has 78 valence electrons. The summed E-state index contributed by atoms with van der Waals surface area (Å²) >= 11 is 0. The standard InChI is InChI=1S/C10H16N2O2/c1-13-9-7-8(14-12-9)10(5-6-11)3-2-4-10/h7H,2-6,11H2,1H3. The molecule has 4 nitrogen and oxygen atoms in total. The van der Waals surface area contributed by atoms with E-state index in [1.807, 2.05) is 6.07 Å². The molecule has 1 aromatic heterocycles. The third-order valence-electron chi connectivity index (χ3n) is 3.15. The lowest BCUT2D eigenvalue weighted by Crippen LogP contribution is -2.35. The van der Waals surface area contributed by atoms with Crippen LogP contribution in [0.15, 0.2) is 10.6 Å². The number of nitrogens with zero attached hydrogens (tertiary/aromatic N) is 1. The molecule has 0 amide bonds. The predicted octanol–water partition coefficient (Wildman–Crippen LogP) is 1.45. The Balaban J connectivity index is 2.18. The van der Waals surface area contributed by atoms with Crippen molar-refractivity contribution in [1.82, 2.24) is 5.16 Å². The minimum absolute atomic E-state index is 0.151. The van der Waals surface area contributed by atoms with Crippen molar-refractivity contribution in [2.24, 2.45) is 5.73 Å². The molecular weight excluding hydrogens is 180 g/mol. The maximum absolute atomic E-state index is 5.61. The lowest BCUT2D eigenvalue weighted by molar-refractivity contribution is 0.170. The molecule has 0 radical (unpaired) electrons. The van der Waals surface area contributed by atoms with Crippen LogP contribution >= 0.6 is 0 Å². The van der Waals surface area contributed by atoms with Gasteiger partial charge in [0.05, 0.1) is 7.11 Å². The summed E-state index contributed by atoms with van der Waals surface area (Å²) in [7, 11) is 1.60. The summed E-state index contributed by atoms with van der Waals surface area (Å²) in [5.41, 5.74) is 5.76. The maximum Gasteiger partial charge on any atom is 0.254 e. The van der Waals surface area contributed by atoms with Gasteiger partial charge in [-0.05, 0) is 31.0 Å². The fourth-order valence-corrected chi connectivity index (χ4v) is 2.10. The van der Waals surface area contributed by atoms with Crippen molar-refractivity contribution in [3.63, 3.8) is 0 Å². The van der Waals surface area contributed by atoms with Gasteiger partial charge in [0.1, 0.15) is 5.76 Å². The molecule has 1 saturated carbocycles. The molecule has 0 spiro atoms. The van der Waals surface area contributed by atoms with Crippen LogP contribution < -0.4 is 10.5 Å². The smallest absolute Gasteiger partial charge is 0.254 e. The molecule has 0 aromatic carbocycles. The number of hydrogen-bond acceptors (Lipinski definition) is 4. The van der Waals surface area contributed by atoms with E-state index in [4.69, 9.17) is 15.0 Å². The van der Waals surface area contributed by atoms with Crippen molar-refractivity contribution in [2.45, 2.75) is 31.1 Å². The van der Waals surface area contributed by atoms with Crippen LogP contribution in [-0.4, -0.2) is 18.8 Å². The summed E-state index contributed by atoms with van der Waals surface area (Å²) in [6, 6.07) is 1.88. The average molecular weight is 196 g/mol. The van der Waals surface area contributed by atoms with Crippen LogP contribution in [0.1, 0.15) is 31.4 Å². The molecule has 14 heavy (non-hydrogen) atoms. The predicted molar refractivity (Wildman–Crippen MR) is 52.3 cm³/mol. The maximum atomic E-state index is 5.61. The van der Waals surface area contributed by atoms with Crippen LogP contribution in [0.2, 0.25) is 0 Å². The summed E-state index contributed by atoms with van der Waals surface area (Å²) in [5, 5.41) is 3.83. The quantitative estimate of drug-likeness (QED) is 0.791. The van der Waals surface area contributed by atoms with Gasteiger partial charge in [-0.25, -0.2) is 0 Å². The van der Waals surface area contributed by atoms with E-state index in [-0.39, 0.29) is 5.41 Å². The summed E-state index contributed by atoms with van der Waals surface area (Å²) in [6.45, 7) is 0.697. The van der Waals surface area contributed by atoms with Gasteiger partial charge in [-0.3, -0.25) is 0 Å². The molecule has 1 aliphatic carbocycles. The van der Waals surface area contributed by atoms with E-state index in [2.05, 4.69) is 5.16 Å². The van der Waals surface area contributed by atoms with Crippen LogP contribution in [0.4, 0.5) is 0 Å². The van der Waals surface area contributed by atoms with Crippen molar-refractivity contribution in [2.75, 3.05) is 13.7 Å². The van der Waals surface area contributed by atoms with Gasteiger partial charge >= 0.3 is 0 Å². The molecular formula is C10H16N2O2. The van der Waals surface area contributed by atoms with Crippen LogP contribution in [0.3, 0.4) is 0 Å². The van der Waals surface area contributed by atoms with Gasteiger partial charge < -0.3 is 15.0 Å². The molecule has 2 rings (SSSR count).